The Morgan fingerprint density at radius 3 is 1.16 bits per heavy atom. The van der Waals surface area contributed by atoms with Gasteiger partial charge >= 0.3 is 11.9 Å². The maximum Gasteiger partial charge on any atom is 0.305 e. The first-order valence-electron chi connectivity index (χ1n) is 15.8. The van der Waals surface area contributed by atoms with Gasteiger partial charge in [0.15, 0.2) is 0 Å². The second kappa shape index (κ2) is 28.3. The zero-order valence-corrected chi connectivity index (χ0v) is 26.0. The molecule has 0 spiro atoms. The smallest absolute Gasteiger partial charge is 0.305 e. The van der Waals surface area contributed by atoms with Crippen molar-refractivity contribution in [1.82, 2.24) is 0 Å². The molecule has 220 valence electrons. The fourth-order valence-electron chi connectivity index (χ4n) is 4.33. The lowest BCUT2D eigenvalue weighted by Crippen LogP contribution is -2.07. The van der Waals surface area contributed by atoms with E-state index in [2.05, 4.69) is 27.7 Å². The Hall–Kier alpha value is -0.710. The van der Waals surface area contributed by atoms with Gasteiger partial charge in [0, 0.05) is 12.8 Å². The van der Waals surface area contributed by atoms with Gasteiger partial charge in [0.25, 0.3) is 0 Å². The zero-order chi connectivity index (χ0) is 27.4. The minimum absolute atomic E-state index is 0.0658. The fourth-order valence-corrected chi connectivity index (χ4v) is 5.23. The van der Waals surface area contributed by atoms with Crippen LogP contribution in [-0.2, 0) is 19.1 Å². The van der Waals surface area contributed by atoms with E-state index in [-0.39, 0.29) is 11.9 Å². The predicted octanol–water partition coefficient (Wildman–Crippen LogP) is 9.92. The Morgan fingerprint density at radius 1 is 0.486 bits per heavy atom. The molecular formula is C32H62O4S. The quantitative estimate of drug-likeness (QED) is 0.0727. The van der Waals surface area contributed by atoms with Crippen molar-refractivity contribution in [2.75, 3.05) is 24.7 Å². The Kier molecular flexibility index (Phi) is 27.8. The van der Waals surface area contributed by atoms with E-state index in [1.165, 1.54) is 77.0 Å². The molecule has 0 bridgehead atoms. The molecule has 0 aromatic heterocycles. The molecule has 0 rings (SSSR count). The average molecular weight is 543 g/mol. The molecular weight excluding hydrogens is 480 g/mol. The average Bonchev–Trinajstić information content (AvgIpc) is 2.85. The molecule has 0 fully saturated rings. The second-order valence-corrected chi connectivity index (χ2v) is 12.8. The number of thioether (sulfide) groups is 1. The summed E-state index contributed by atoms with van der Waals surface area (Å²) in [6.07, 6.45) is 22.9. The summed E-state index contributed by atoms with van der Waals surface area (Å²) in [6, 6.07) is 0. The van der Waals surface area contributed by atoms with Gasteiger partial charge in [0.1, 0.15) is 0 Å². The molecule has 0 atom stereocenters. The van der Waals surface area contributed by atoms with Crippen molar-refractivity contribution in [2.24, 2.45) is 11.8 Å². The first kappa shape index (κ1) is 36.3. The van der Waals surface area contributed by atoms with Crippen LogP contribution in [0.3, 0.4) is 0 Å². The summed E-state index contributed by atoms with van der Waals surface area (Å²) in [5.41, 5.74) is 0. The van der Waals surface area contributed by atoms with Crippen molar-refractivity contribution < 1.29 is 19.1 Å². The molecule has 0 saturated carbocycles. The van der Waals surface area contributed by atoms with Gasteiger partial charge in [-0.1, -0.05) is 118 Å². The summed E-state index contributed by atoms with van der Waals surface area (Å²) in [4.78, 5) is 23.7. The van der Waals surface area contributed by atoms with Crippen LogP contribution in [-0.4, -0.2) is 36.7 Å². The van der Waals surface area contributed by atoms with Crippen molar-refractivity contribution >= 4 is 23.7 Å². The highest BCUT2D eigenvalue weighted by atomic mass is 32.2. The fraction of sp³-hybridized carbons (Fsp3) is 0.938. The Labute approximate surface area is 235 Å². The number of hydrogen-bond donors (Lipinski definition) is 0. The molecule has 37 heavy (non-hydrogen) atoms. The predicted molar refractivity (Wildman–Crippen MR) is 161 cm³/mol. The molecule has 0 aromatic rings. The number of carbonyl (C=O) groups is 2. The Morgan fingerprint density at radius 2 is 0.811 bits per heavy atom. The lowest BCUT2D eigenvalue weighted by molar-refractivity contribution is -0.144. The van der Waals surface area contributed by atoms with Crippen LogP contribution in [0.2, 0.25) is 0 Å². The second-order valence-electron chi connectivity index (χ2n) is 11.6. The number of hydrogen-bond acceptors (Lipinski definition) is 5. The lowest BCUT2D eigenvalue weighted by Gasteiger charge is -2.06. The van der Waals surface area contributed by atoms with E-state index in [1.807, 2.05) is 11.8 Å². The highest BCUT2D eigenvalue weighted by molar-refractivity contribution is 7.99. The van der Waals surface area contributed by atoms with Crippen LogP contribution in [0, 0.1) is 11.8 Å². The third-order valence-corrected chi connectivity index (χ3v) is 7.87. The topological polar surface area (TPSA) is 52.6 Å². The molecule has 0 amide bonds. The molecule has 0 heterocycles. The number of unbranched alkanes of at least 4 members (excludes halogenated alkanes) is 12. The Bertz CT molecular complexity index is 463. The van der Waals surface area contributed by atoms with Gasteiger partial charge in [-0.05, 0) is 49.0 Å². The molecule has 4 nitrogen and oxygen atoms in total. The van der Waals surface area contributed by atoms with Crippen molar-refractivity contribution in [3.63, 3.8) is 0 Å². The SMILES string of the molecule is CC(C)CCCCCCCCCOC(=O)CCCSCCCC(=O)OCCCCCCCCCC(C)C. The first-order chi connectivity index (χ1) is 17.9. The molecule has 0 aliphatic carbocycles. The Balaban J connectivity index is 3.28. The van der Waals surface area contributed by atoms with E-state index in [9.17, 15) is 9.59 Å². The van der Waals surface area contributed by atoms with Crippen molar-refractivity contribution in [2.45, 2.75) is 156 Å². The van der Waals surface area contributed by atoms with Crippen LogP contribution in [0.15, 0.2) is 0 Å². The third-order valence-electron chi connectivity index (χ3n) is 6.72. The van der Waals surface area contributed by atoms with E-state index in [0.29, 0.717) is 26.1 Å². The normalized spacial score (nSPS) is 11.4. The lowest BCUT2D eigenvalue weighted by atomic mass is 10.0. The van der Waals surface area contributed by atoms with Crippen molar-refractivity contribution in [3.8, 4) is 0 Å². The molecule has 0 aromatic carbocycles. The molecule has 5 heteroatoms. The summed E-state index contributed by atoms with van der Waals surface area (Å²) < 4.78 is 10.7. The number of ether oxygens (including phenoxy) is 2. The standard InChI is InChI=1S/C32H62O4S/c1-29(2)21-15-11-7-5-9-13-17-25-35-31(33)23-19-27-37-28-20-24-32(34)36-26-18-14-10-6-8-12-16-22-30(3)4/h29-30H,5-28H2,1-4H3. The van der Waals surface area contributed by atoms with E-state index in [1.54, 1.807) is 0 Å². The van der Waals surface area contributed by atoms with Gasteiger partial charge in [-0.2, -0.15) is 11.8 Å². The minimum atomic E-state index is -0.0658. The van der Waals surface area contributed by atoms with Crippen LogP contribution in [0.5, 0.6) is 0 Å². The van der Waals surface area contributed by atoms with E-state index in [4.69, 9.17) is 9.47 Å². The van der Waals surface area contributed by atoms with Crippen LogP contribution in [0.25, 0.3) is 0 Å². The molecule has 0 unspecified atom stereocenters. The van der Waals surface area contributed by atoms with Crippen molar-refractivity contribution in [3.05, 3.63) is 0 Å². The van der Waals surface area contributed by atoms with Gasteiger partial charge in [-0.3, -0.25) is 9.59 Å². The van der Waals surface area contributed by atoms with Crippen LogP contribution >= 0.6 is 11.8 Å². The van der Waals surface area contributed by atoms with Gasteiger partial charge in [-0.15, -0.1) is 0 Å². The van der Waals surface area contributed by atoms with Gasteiger partial charge in [0.2, 0.25) is 0 Å². The van der Waals surface area contributed by atoms with Crippen molar-refractivity contribution in [1.29, 1.82) is 0 Å². The summed E-state index contributed by atoms with van der Waals surface area (Å²) in [7, 11) is 0. The maximum absolute atomic E-state index is 11.8. The molecule has 0 N–H and O–H groups in total. The monoisotopic (exact) mass is 542 g/mol. The van der Waals surface area contributed by atoms with Crippen LogP contribution in [0.4, 0.5) is 0 Å². The summed E-state index contributed by atoms with van der Waals surface area (Å²) in [6.45, 7) is 10.3. The van der Waals surface area contributed by atoms with Gasteiger partial charge < -0.3 is 9.47 Å². The zero-order valence-electron chi connectivity index (χ0n) is 25.2. The third kappa shape index (κ3) is 31.4. The highest BCUT2D eigenvalue weighted by Crippen LogP contribution is 2.14. The molecule has 0 saturated heterocycles. The van der Waals surface area contributed by atoms with Crippen LogP contribution < -0.4 is 0 Å². The highest BCUT2D eigenvalue weighted by Gasteiger charge is 2.05. The molecule has 0 radical (unpaired) electrons. The molecule has 0 aliphatic heterocycles. The minimum Gasteiger partial charge on any atom is -0.466 e. The van der Waals surface area contributed by atoms with Gasteiger partial charge in [0.05, 0.1) is 13.2 Å². The number of carbonyl (C=O) groups excluding carboxylic acids is 2. The summed E-state index contributed by atoms with van der Waals surface area (Å²) in [5.74, 6) is 3.41. The largest absolute Gasteiger partial charge is 0.466 e. The maximum atomic E-state index is 11.8. The summed E-state index contributed by atoms with van der Waals surface area (Å²) in [5, 5.41) is 0. The van der Waals surface area contributed by atoms with Crippen LogP contribution in [0.1, 0.15) is 156 Å². The van der Waals surface area contributed by atoms with Gasteiger partial charge in [-0.25, -0.2) is 0 Å². The molecule has 0 aliphatic rings. The van der Waals surface area contributed by atoms with E-state index in [0.717, 1.165) is 61.9 Å². The van der Waals surface area contributed by atoms with E-state index >= 15 is 0 Å². The number of rotatable bonds is 28. The first-order valence-corrected chi connectivity index (χ1v) is 17.0. The number of esters is 2. The summed E-state index contributed by atoms with van der Waals surface area (Å²) >= 11 is 1.81. The van der Waals surface area contributed by atoms with E-state index < -0.39 is 0 Å².